The van der Waals surface area contributed by atoms with Gasteiger partial charge in [0.15, 0.2) is 0 Å². The van der Waals surface area contributed by atoms with Gasteiger partial charge >= 0.3 is 0 Å². The second-order valence-electron chi connectivity index (χ2n) is 7.15. The largest absolute Gasteiger partial charge is 0.325 e. The van der Waals surface area contributed by atoms with Gasteiger partial charge in [-0.2, -0.15) is 5.10 Å². The molecule has 108 valence electrons. The van der Waals surface area contributed by atoms with E-state index in [1.807, 2.05) is 4.68 Å². The standard InChI is InChI=1S/C15H28N4/c1-11(2)9-19-14(17-10-18-19)8-15(16)6-12(3)5-13(4)7-15/h10-13H,5-9,16H2,1-4H3. The Morgan fingerprint density at radius 1 is 1.37 bits per heavy atom. The van der Waals surface area contributed by atoms with Crippen LogP contribution in [0.4, 0.5) is 0 Å². The van der Waals surface area contributed by atoms with Gasteiger partial charge < -0.3 is 5.73 Å². The summed E-state index contributed by atoms with van der Waals surface area (Å²) in [5.41, 5.74) is 6.55. The van der Waals surface area contributed by atoms with Gasteiger partial charge in [0.2, 0.25) is 0 Å². The maximum atomic E-state index is 6.65. The van der Waals surface area contributed by atoms with E-state index in [0.29, 0.717) is 5.92 Å². The Morgan fingerprint density at radius 3 is 2.58 bits per heavy atom. The van der Waals surface area contributed by atoms with Crippen LogP contribution in [0.15, 0.2) is 6.33 Å². The molecular weight excluding hydrogens is 236 g/mol. The first-order chi connectivity index (χ1) is 8.88. The van der Waals surface area contributed by atoms with Crippen molar-refractivity contribution in [3.05, 3.63) is 12.2 Å². The first-order valence-electron chi connectivity index (χ1n) is 7.53. The third-order valence-corrected chi connectivity index (χ3v) is 4.06. The normalized spacial score (nSPS) is 31.9. The molecule has 0 saturated heterocycles. The topological polar surface area (TPSA) is 56.7 Å². The SMILES string of the molecule is CC(C)Cn1ncnc1CC1(N)CC(C)CC(C)C1. The monoisotopic (exact) mass is 264 g/mol. The van der Waals surface area contributed by atoms with E-state index in [0.717, 1.165) is 43.5 Å². The molecule has 0 radical (unpaired) electrons. The molecule has 1 saturated carbocycles. The third kappa shape index (κ3) is 3.78. The first-order valence-corrected chi connectivity index (χ1v) is 7.53. The summed E-state index contributed by atoms with van der Waals surface area (Å²) < 4.78 is 2.03. The summed E-state index contributed by atoms with van der Waals surface area (Å²) >= 11 is 0. The van der Waals surface area contributed by atoms with Gasteiger partial charge in [0.05, 0.1) is 0 Å². The van der Waals surface area contributed by atoms with E-state index >= 15 is 0 Å². The number of hydrogen-bond donors (Lipinski definition) is 1. The van der Waals surface area contributed by atoms with Crippen LogP contribution in [0.25, 0.3) is 0 Å². The molecule has 2 unspecified atom stereocenters. The van der Waals surface area contributed by atoms with Gasteiger partial charge in [0.1, 0.15) is 12.2 Å². The predicted molar refractivity (Wildman–Crippen MR) is 77.7 cm³/mol. The van der Waals surface area contributed by atoms with Crippen LogP contribution in [0.1, 0.15) is 52.8 Å². The Hall–Kier alpha value is -0.900. The van der Waals surface area contributed by atoms with Crippen LogP contribution in [0.5, 0.6) is 0 Å². The maximum absolute atomic E-state index is 6.65. The average Bonchev–Trinajstić information content (AvgIpc) is 2.61. The van der Waals surface area contributed by atoms with E-state index in [9.17, 15) is 0 Å². The Kier molecular flexibility index (Phi) is 4.29. The quantitative estimate of drug-likeness (QED) is 0.909. The van der Waals surface area contributed by atoms with Crippen molar-refractivity contribution < 1.29 is 0 Å². The fourth-order valence-corrected chi connectivity index (χ4v) is 3.71. The third-order valence-electron chi connectivity index (χ3n) is 4.06. The van der Waals surface area contributed by atoms with Crippen molar-refractivity contribution in [3.8, 4) is 0 Å². The van der Waals surface area contributed by atoms with Crippen LogP contribution < -0.4 is 5.73 Å². The molecule has 2 N–H and O–H groups in total. The van der Waals surface area contributed by atoms with Crippen LogP contribution >= 0.6 is 0 Å². The molecule has 0 spiro atoms. The molecule has 1 aliphatic carbocycles. The van der Waals surface area contributed by atoms with Crippen molar-refractivity contribution in [2.45, 2.75) is 65.5 Å². The molecule has 1 aliphatic rings. The summed E-state index contributed by atoms with van der Waals surface area (Å²) in [6.07, 6.45) is 6.03. The molecule has 2 rings (SSSR count). The van der Waals surface area contributed by atoms with Crippen LogP contribution in [-0.2, 0) is 13.0 Å². The smallest absolute Gasteiger partial charge is 0.138 e. The van der Waals surface area contributed by atoms with E-state index in [1.165, 1.54) is 6.42 Å². The minimum Gasteiger partial charge on any atom is -0.325 e. The summed E-state index contributed by atoms with van der Waals surface area (Å²) in [6, 6.07) is 0. The van der Waals surface area contributed by atoms with Crippen LogP contribution in [0, 0.1) is 17.8 Å². The van der Waals surface area contributed by atoms with E-state index in [4.69, 9.17) is 5.73 Å². The molecule has 1 aromatic rings. The summed E-state index contributed by atoms with van der Waals surface area (Å²) in [6.45, 7) is 9.96. The molecule has 4 nitrogen and oxygen atoms in total. The zero-order chi connectivity index (χ0) is 14.0. The van der Waals surface area contributed by atoms with E-state index in [2.05, 4.69) is 37.8 Å². The Labute approximate surface area is 116 Å². The zero-order valence-corrected chi connectivity index (χ0v) is 12.8. The highest BCUT2D eigenvalue weighted by atomic mass is 15.3. The highest BCUT2D eigenvalue weighted by Gasteiger charge is 2.35. The number of nitrogens with two attached hydrogens (primary N) is 1. The highest BCUT2D eigenvalue weighted by Crippen LogP contribution is 2.36. The number of aromatic nitrogens is 3. The van der Waals surface area contributed by atoms with E-state index in [-0.39, 0.29) is 5.54 Å². The number of rotatable bonds is 4. The van der Waals surface area contributed by atoms with Gasteiger partial charge in [0.25, 0.3) is 0 Å². The van der Waals surface area contributed by atoms with Crippen molar-refractivity contribution in [2.24, 2.45) is 23.5 Å². The van der Waals surface area contributed by atoms with Gasteiger partial charge in [0, 0.05) is 18.5 Å². The minimum atomic E-state index is -0.0984. The molecule has 4 heteroatoms. The summed E-state index contributed by atoms with van der Waals surface area (Å²) in [7, 11) is 0. The zero-order valence-electron chi connectivity index (χ0n) is 12.8. The molecule has 0 aromatic carbocycles. The van der Waals surface area contributed by atoms with E-state index in [1.54, 1.807) is 6.33 Å². The minimum absolute atomic E-state index is 0.0984. The Balaban J connectivity index is 2.09. The lowest BCUT2D eigenvalue weighted by Crippen LogP contribution is -2.48. The predicted octanol–water partition coefficient (Wildman–Crippen LogP) is 2.63. The lowest BCUT2D eigenvalue weighted by molar-refractivity contribution is 0.178. The van der Waals surface area contributed by atoms with Gasteiger partial charge in [-0.3, -0.25) is 0 Å². The van der Waals surface area contributed by atoms with Crippen LogP contribution in [0.2, 0.25) is 0 Å². The van der Waals surface area contributed by atoms with Crippen molar-refractivity contribution in [2.75, 3.05) is 0 Å². The molecular formula is C15H28N4. The van der Waals surface area contributed by atoms with Gasteiger partial charge in [-0.1, -0.05) is 27.7 Å². The van der Waals surface area contributed by atoms with Gasteiger partial charge in [-0.25, -0.2) is 9.67 Å². The molecule has 2 atom stereocenters. The van der Waals surface area contributed by atoms with Gasteiger partial charge in [-0.15, -0.1) is 0 Å². The van der Waals surface area contributed by atoms with Crippen LogP contribution in [0.3, 0.4) is 0 Å². The van der Waals surface area contributed by atoms with Gasteiger partial charge in [-0.05, 0) is 37.0 Å². The lowest BCUT2D eigenvalue weighted by Gasteiger charge is -2.40. The fourth-order valence-electron chi connectivity index (χ4n) is 3.71. The van der Waals surface area contributed by atoms with Crippen molar-refractivity contribution in [1.29, 1.82) is 0 Å². The number of nitrogens with zero attached hydrogens (tertiary/aromatic N) is 3. The van der Waals surface area contributed by atoms with Crippen molar-refractivity contribution in [3.63, 3.8) is 0 Å². The maximum Gasteiger partial charge on any atom is 0.138 e. The molecule has 1 heterocycles. The lowest BCUT2D eigenvalue weighted by atomic mass is 9.70. The van der Waals surface area contributed by atoms with Crippen LogP contribution in [-0.4, -0.2) is 20.3 Å². The summed E-state index contributed by atoms with van der Waals surface area (Å²) in [5, 5.41) is 4.34. The molecule has 0 bridgehead atoms. The second kappa shape index (κ2) is 5.61. The average molecular weight is 264 g/mol. The molecule has 1 aromatic heterocycles. The van der Waals surface area contributed by atoms with E-state index < -0.39 is 0 Å². The van der Waals surface area contributed by atoms with Crippen molar-refractivity contribution >= 4 is 0 Å². The molecule has 0 aliphatic heterocycles. The van der Waals surface area contributed by atoms with Crippen molar-refractivity contribution in [1.82, 2.24) is 14.8 Å². The summed E-state index contributed by atoms with van der Waals surface area (Å²) in [5.74, 6) is 3.07. The number of hydrogen-bond acceptors (Lipinski definition) is 3. The molecule has 19 heavy (non-hydrogen) atoms. The molecule has 0 amide bonds. The molecule has 1 fully saturated rings. The highest BCUT2D eigenvalue weighted by molar-refractivity contribution is 5.01. The summed E-state index contributed by atoms with van der Waals surface area (Å²) in [4.78, 5) is 4.43. The Morgan fingerprint density at radius 2 is 2.00 bits per heavy atom. The first kappa shape index (κ1) is 14.5. The fraction of sp³-hybridized carbons (Fsp3) is 0.867. The Bertz CT molecular complexity index is 400. The second-order valence-corrected chi connectivity index (χ2v) is 7.15.